The van der Waals surface area contributed by atoms with Crippen LogP contribution in [0.2, 0.25) is 0 Å². The van der Waals surface area contributed by atoms with Crippen LogP contribution in [-0.4, -0.2) is 31.9 Å². The van der Waals surface area contributed by atoms with Gasteiger partial charge < -0.3 is 0 Å². The smallest absolute Gasteiger partial charge is 0.299 e. The maximum atomic E-state index is 13.7. The molecule has 7 aliphatic rings. The fraction of sp³-hybridized carbons (Fsp3) is 0.481. The molecule has 1 saturated heterocycles. The molecular weight excluding hydrogens is 412 g/mol. The lowest BCUT2D eigenvalue weighted by Crippen LogP contribution is -2.52. The zero-order valence-electron chi connectivity index (χ0n) is 18.4. The molecule has 6 heteroatoms. The monoisotopic (exact) mass is 438 g/mol. The van der Waals surface area contributed by atoms with Crippen molar-refractivity contribution < 1.29 is 0 Å². The summed E-state index contributed by atoms with van der Waals surface area (Å²) in [5.74, 6) is 2.76. The highest BCUT2D eigenvalue weighted by atomic mass is 16.2. The van der Waals surface area contributed by atoms with Gasteiger partial charge >= 0.3 is 11.4 Å². The summed E-state index contributed by atoms with van der Waals surface area (Å²) in [4.78, 5) is 30.0. The Hall–Kier alpha value is -2.86. The first kappa shape index (κ1) is 17.6. The SMILES string of the molecule is O=c1n(-c2ccccc2)c(=O)n2n1[C@H]1[C@H]3C4C5[C@@]16CCN(Cc1ccccc1)CC[C@]56[C@@H]2[C@H]43. The highest BCUT2D eigenvalue weighted by Crippen LogP contribution is 3.03. The first-order chi connectivity index (χ1) is 16.2. The lowest BCUT2D eigenvalue weighted by molar-refractivity contribution is -0.00192. The van der Waals surface area contributed by atoms with E-state index in [-0.39, 0.29) is 34.3 Å². The van der Waals surface area contributed by atoms with Gasteiger partial charge in [0, 0.05) is 17.4 Å². The number of aromatic nitrogens is 3. The summed E-state index contributed by atoms with van der Waals surface area (Å²) < 4.78 is 5.32. The summed E-state index contributed by atoms with van der Waals surface area (Å²) in [5, 5.41) is 0. The topological polar surface area (TPSA) is 52.2 Å². The van der Waals surface area contributed by atoms with Crippen LogP contribution in [0.4, 0.5) is 0 Å². The Morgan fingerprint density at radius 2 is 1.27 bits per heavy atom. The van der Waals surface area contributed by atoms with Gasteiger partial charge in [0.25, 0.3) is 0 Å². The third-order valence-corrected chi connectivity index (χ3v) is 10.7. The van der Waals surface area contributed by atoms with Crippen molar-refractivity contribution in [1.82, 2.24) is 18.8 Å². The molecule has 6 nitrogen and oxygen atoms in total. The second-order valence-electron chi connectivity index (χ2n) is 11.4. The van der Waals surface area contributed by atoms with Gasteiger partial charge in [-0.15, -0.1) is 0 Å². The lowest BCUT2D eigenvalue weighted by Gasteiger charge is -2.47. The highest BCUT2D eigenvalue weighted by molar-refractivity contribution is 5.49. The Balaban J connectivity index is 1.16. The molecule has 33 heavy (non-hydrogen) atoms. The molecule has 2 aromatic carbocycles. The van der Waals surface area contributed by atoms with Crippen molar-refractivity contribution in [3.8, 4) is 5.69 Å². The second kappa shape index (κ2) is 5.27. The number of benzene rings is 2. The van der Waals surface area contributed by atoms with Gasteiger partial charge in [-0.05, 0) is 67.3 Å². The molecule has 2 unspecified atom stereocenters. The molecule has 4 heterocycles. The van der Waals surface area contributed by atoms with Crippen molar-refractivity contribution in [3.63, 3.8) is 0 Å². The minimum Gasteiger partial charge on any atom is -0.299 e. The standard InChI is InChI=1S/C27H26N4O2/c32-24-29(17-9-5-2-6-10-17)25(33)31-23-20-18-19(20)22(30(24)31)26-11-13-28(14-12-27(23,26)21(18)26)15-16-7-3-1-4-8-16/h1-10,18-23H,11-15H2/t18?,19-,20+,21?,22-,23-,26-,27+/m0/s1. The van der Waals surface area contributed by atoms with Gasteiger partial charge in [-0.2, -0.15) is 0 Å². The van der Waals surface area contributed by atoms with Crippen molar-refractivity contribution in [2.45, 2.75) is 31.5 Å². The van der Waals surface area contributed by atoms with E-state index in [4.69, 9.17) is 0 Å². The fourth-order valence-corrected chi connectivity index (χ4v) is 10.1. The predicted octanol–water partition coefficient (Wildman–Crippen LogP) is 2.68. The van der Waals surface area contributed by atoms with Gasteiger partial charge in [0.2, 0.25) is 0 Å². The molecule has 2 bridgehead atoms. The third kappa shape index (κ3) is 1.65. The van der Waals surface area contributed by atoms with E-state index >= 15 is 0 Å². The maximum Gasteiger partial charge on any atom is 0.352 e. The van der Waals surface area contributed by atoms with Gasteiger partial charge in [-0.25, -0.2) is 23.5 Å². The molecule has 8 atom stereocenters. The van der Waals surface area contributed by atoms with Gasteiger partial charge in [0.1, 0.15) is 0 Å². The minimum absolute atomic E-state index is 0.119. The first-order valence-electron chi connectivity index (χ1n) is 12.5. The Morgan fingerprint density at radius 1 is 0.727 bits per heavy atom. The van der Waals surface area contributed by atoms with Crippen LogP contribution in [0.3, 0.4) is 0 Å². The molecule has 0 amide bonds. The van der Waals surface area contributed by atoms with Crippen LogP contribution in [-0.2, 0) is 6.54 Å². The van der Waals surface area contributed by atoms with E-state index in [0.717, 1.165) is 31.5 Å². The quantitative estimate of drug-likeness (QED) is 0.632. The number of rotatable bonds is 3. The summed E-state index contributed by atoms with van der Waals surface area (Å²) in [7, 11) is 0. The Morgan fingerprint density at radius 3 is 1.85 bits per heavy atom. The lowest BCUT2D eigenvalue weighted by atomic mass is 9.69. The van der Waals surface area contributed by atoms with Crippen LogP contribution >= 0.6 is 0 Å². The van der Waals surface area contributed by atoms with Crippen LogP contribution in [0, 0.1) is 34.5 Å². The number of likely N-dealkylation sites (tertiary alicyclic amines) is 1. The zero-order valence-corrected chi connectivity index (χ0v) is 18.4. The van der Waals surface area contributed by atoms with E-state index in [0.29, 0.717) is 17.5 Å². The molecular formula is C27H26N4O2. The molecule has 4 saturated carbocycles. The van der Waals surface area contributed by atoms with Crippen LogP contribution in [0.15, 0.2) is 70.3 Å². The molecule has 0 N–H and O–H groups in total. The van der Waals surface area contributed by atoms with Gasteiger partial charge in [0.05, 0.1) is 17.8 Å². The van der Waals surface area contributed by atoms with Gasteiger partial charge in [-0.3, -0.25) is 4.90 Å². The third-order valence-electron chi connectivity index (χ3n) is 10.7. The van der Waals surface area contributed by atoms with Gasteiger partial charge in [-0.1, -0.05) is 48.5 Å². The normalized spacial score (nSPS) is 42.5. The predicted molar refractivity (Wildman–Crippen MR) is 122 cm³/mol. The molecule has 0 radical (unpaired) electrons. The van der Waals surface area contributed by atoms with Crippen molar-refractivity contribution >= 4 is 0 Å². The molecule has 3 aliphatic heterocycles. The van der Waals surface area contributed by atoms with Crippen molar-refractivity contribution in [2.24, 2.45) is 34.5 Å². The summed E-state index contributed by atoms with van der Waals surface area (Å²) >= 11 is 0. The molecule has 4 aliphatic carbocycles. The highest BCUT2D eigenvalue weighted by Gasteiger charge is 3.02. The van der Waals surface area contributed by atoms with Gasteiger partial charge in [0.15, 0.2) is 0 Å². The van der Waals surface area contributed by atoms with Crippen LogP contribution < -0.4 is 11.4 Å². The zero-order chi connectivity index (χ0) is 21.7. The van der Waals surface area contributed by atoms with E-state index < -0.39 is 0 Å². The van der Waals surface area contributed by atoms with E-state index in [9.17, 15) is 9.59 Å². The average molecular weight is 439 g/mol. The summed E-state index contributed by atoms with van der Waals surface area (Å²) in [6.45, 7) is 3.19. The molecule has 3 aromatic rings. The first-order valence-corrected chi connectivity index (χ1v) is 12.5. The molecule has 5 fully saturated rings. The van der Waals surface area contributed by atoms with E-state index in [2.05, 4.69) is 35.2 Å². The van der Waals surface area contributed by atoms with Crippen LogP contribution in [0.5, 0.6) is 0 Å². The van der Waals surface area contributed by atoms with Crippen LogP contribution in [0.25, 0.3) is 5.69 Å². The largest absolute Gasteiger partial charge is 0.352 e. The number of hydrogen-bond donors (Lipinski definition) is 0. The Bertz CT molecular complexity index is 1390. The second-order valence-corrected chi connectivity index (χ2v) is 11.4. The molecule has 10 rings (SSSR count). The molecule has 166 valence electrons. The number of nitrogens with zero attached hydrogens (tertiary/aromatic N) is 4. The average Bonchev–Trinajstić information content (AvgIpc) is 3.62. The number of hydrogen-bond acceptors (Lipinski definition) is 3. The van der Waals surface area contributed by atoms with Crippen molar-refractivity contribution in [2.75, 3.05) is 13.1 Å². The van der Waals surface area contributed by atoms with Crippen molar-refractivity contribution in [3.05, 3.63) is 87.2 Å². The minimum atomic E-state index is -0.119. The Kier molecular flexibility index (Phi) is 2.81. The fourth-order valence-electron chi connectivity index (χ4n) is 10.1. The molecule has 2 spiro atoms. The van der Waals surface area contributed by atoms with E-state index in [1.165, 1.54) is 23.0 Å². The Labute approximate surface area is 191 Å². The van der Waals surface area contributed by atoms with Crippen LogP contribution in [0.1, 0.15) is 30.5 Å². The van der Waals surface area contributed by atoms with E-state index in [1.54, 1.807) is 0 Å². The summed E-state index contributed by atoms with van der Waals surface area (Å²) in [6.07, 6.45) is 2.34. The summed E-state index contributed by atoms with van der Waals surface area (Å²) in [6, 6.07) is 20.7. The van der Waals surface area contributed by atoms with Crippen molar-refractivity contribution in [1.29, 1.82) is 0 Å². The summed E-state index contributed by atoms with van der Waals surface area (Å²) in [5.41, 5.74) is 2.31. The maximum absolute atomic E-state index is 13.7. The molecule has 1 aromatic heterocycles. The van der Waals surface area contributed by atoms with E-state index in [1.807, 2.05) is 39.7 Å². The number of para-hydroxylation sites is 1.